The summed E-state index contributed by atoms with van der Waals surface area (Å²) in [7, 11) is 0. The lowest BCUT2D eigenvalue weighted by Crippen LogP contribution is -2.17. The number of benzene rings is 12. The zero-order valence-corrected chi connectivity index (χ0v) is 42.3. The molecule has 2 heterocycles. The lowest BCUT2D eigenvalue weighted by molar-refractivity contribution is 0.660. The lowest BCUT2D eigenvalue weighted by Gasteiger charge is -2.28. The fourth-order valence-corrected chi connectivity index (χ4v) is 12.6. The highest BCUT2D eigenvalue weighted by atomic mass is 15.1. The summed E-state index contributed by atoms with van der Waals surface area (Å²) >= 11 is 0. The summed E-state index contributed by atoms with van der Waals surface area (Å²) in [5.74, 6) is 0. The first-order valence-electron chi connectivity index (χ1n) is 26.4. The summed E-state index contributed by atoms with van der Waals surface area (Å²) in [6.45, 7) is 4.78. The second-order valence-electron chi connectivity index (χ2n) is 20.9. The van der Waals surface area contributed by atoms with Crippen LogP contribution in [-0.2, 0) is 5.41 Å². The van der Waals surface area contributed by atoms with E-state index in [1.54, 1.807) is 0 Å². The minimum Gasteiger partial charge on any atom is -0.310 e. The molecule has 0 atom stereocenters. The van der Waals surface area contributed by atoms with Gasteiger partial charge in [-0.2, -0.15) is 0 Å². The molecule has 14 aromatic rings. The van der Waals surface area contributed by atoms with E-state index in [2.05, 4.69) is 301 Å². The third-order valence-electron chi connectivity index (χ3n) is 16.3. The molecule has 0 bridgehead atoms. The van der Waals surface area contributed by atoms with Crippen LogP contribution in [0.15, 0.2) is 273 Å². The van der Waals surface area contributed by atoms with Crippen LogP contribution in [-0.4, -0.2) is 9.13 Å². The summed E-state index contributed by atoms with van der Waals surface area (Å²) in [5, 5.41) is 7.57. The second kappa shape index (κ2) is 17.2. The average molecular weight is 970 g/mol. The maximum Gasteiger partial charge on any atom is 0.0547 e. The van der Waals surface area contributed by atoms with Crippen molar-refractivity contribution in [2.24, 2.45) is 0 Å². The van der Waals surface area contributed by atoms with Gasteiger partial charge in [-0.05, 0) is 151 Å². The molecule has 2 aromatic heterocycles. The molecular formula is C73H51N3. The maximum absolute atomic E-state index is 2.44. The SMILES string of the molecule is CC1(C)c2cc(N(c3ccc(-c4ccc(-c5ccc6c7ccccc7n(-c7ccccc7)c6c5)cc4)cc3)c3ccc(-c4cccc5ccccc45)cc3)ccc2-c2ccc(-n3c4ccccc4c4ccccc43)cc21. The van der Waals surface area contributed by atoms with Crippen LogP contribution in [0.1, 0.15) is 25.0 Å². The first kappa shape index (κ1) is 43.8. The predicted molar refractivity (Wildman–Crippen MR) is 321 cm³/mol. The standard InChI is InChI=1S/C73H51N3/c1-73(2)67-46-57(40-43-61(67)62-44-41-58(47-68(62)73)76-70-25-12-8-20-63(70)64-21-9-13-26-71(64)76)74(56-38-33-52(34-39-56)60-23-14-16-51-15-6-7-19-59(51)60)55-36-31-49(32-37-55)48-27-29-50(30-28-48)53-35-42-66-65-22-10-11-24-69(65)75(72(66)45-53)54-17-4-3-5-18-54/h3-47H,1-2H3. The fourth-order valence-electron chi connectivity index (χ4n) is 12.6. The monoisotopic (exact) mass is 969 g/mol. The number of anilines is 3. The molecule has 0 saturated carbocycles. The third kappa shape index (κ3) is 6.90. The van der Waals surface area contributed by atoms with Gasteiger partial charge in [0.1, 0.15) is 0 Å². The highest BCUT2D eigenvalue weighted by molar-refractivity contribution is 6.11. The van der Waals surface area contributed by atoms with Gasteiger partial charge >= 0.3 is 0 Å². The third-order valence-corrected chi connectivity index (χ3v) is 16.3. The molecule has 0 N–H and O–H groups in total. The molecule has 0 fully saturated rings. The number of hydrogen-bond acceptors (Lipinski definition) is 1. The Hall–Kier alpha value is -9.70. The van der Waals surface area contributed by atoms with E-state index >= 15 is 0 Å². The number of para-hydroxylation sites is 4. The molecule has 76 heavy (non-hydrogen) atoms. The van der Waals surface area contributed by atoms with Crippen LogP contribution in [0.2, 0.25) is 0 Å². The summed E-state index contributed by atoms with van der Waals surface area (Å²) < 4.78 is 4.82. The fraction of sp³-hybridized carbons (Fsp3) is 0.0411. The molecule has 0 amide bonds. The van der Waals surface area contributed by atoms with Gasteiger partial charge in [0.25, 0.3) is 0 Å². The van der Waals surface area contributed by atoms with Gasteiger partial charge in [0, 0.05) is 55.4 Å². The zero-order valence-electron chi connectivity index (χ0n) is 42.3. The summed E-state index contributed by atoms with van der Waals surface area (Å²) in [6, 6.07) is 101. The summed E-state index contributed by atoms with van der Waals surface area (Å²) in [4.78, 5) is 2.42. The van der Waals surface area contributed by atoms with Crippen molar-refractivity contribution in [3.8, 4) is 55.9 Å². The van der Waals surface area contributed by atoms with Crippen LogP contribution < -0.4 is 4.90 Å². The first-order valence-corrected chi connectivity index (χ1v) is 26.4. The maximum atomic E-state index is 2.44. The van der Waals surface area contributed by atoms with Gasteiger partial charge in [0.05, 0.1) is 22.1 Å². The van der Waals surface area contributed by atoms with Crippen molar-refractivity contribution < 1.29 is 0 Å². The smallest absolute Gasteiger partial charge is 0.0547 e. The van der Waals surface area contributed by atoms with Crippen molar-refractivity contribution in [1.82, 2.24) is 9.13 Å². The number of rotatable bonds is 8. The quantitative estimate of drug-likeness (QED) is 0.148. The molecule has 0 saturated heterocycles. The van der Waals surface area contributed by atoms with Crippen LogP contribution in [0.3, 0.4) is 0 Å². The van der Waals surface area contributed by atoms with Crippen molar-refractivity contribution in [2.45, 2.75) is 19.3 Å². The number of nitrogens with zero attached hydrogens (tertiary/aromatic N) is 3. The van der Waals surface area contributed by atoms with Crippen molar-refractivity contribution in [3.05, 3.63) is 284 Å². The minimum atomic E-state index is -0.249. The highest BCUT2D eigenvalue weighted by Crippen LogP contribution is 2.52. The van der Waals surface area contributed by atoms with Gasteiger partial charge in [-0.1, -0.05) is 202 Å². The van der Waals surface area contributed by atoms with E-state index in [1.807, 2.05) is 0 Å². The van der Waals surface area contributed by atoms with Gasteiger partial charge in [-0.25, -0.2) is 0 Å². The normalized spacial score (nSPS) is 12.7. The Morgan fingerprint density at radius 3 is 1.36 bits per heavy atom. The second-order valence-corrected chi connectivity index (χ2v) is 20.9. The van der Waals surface area contributed by atoms with Crippen LogP contribution in [0.4, 0.5) is 17.1 Å². The van der Waals surface area contributed by atoms with Crippen LogP contribution in [0.25, 0.3) is 110 Å². The Kier molecular flexibility index (Phi) is 9.92. The molecule has 0 unspecified atom stereocenters. The van der Waals surface area contributed by atoms with Gasteiger partial charge in [0.15, 0.2) is 0 Å². The minimum absolute atomic E-state index is 0.249. The van der Waals surface area contributed by atoms with Crippen LogP contribution >= 0.6 is 0 Å². The Bertz CT molecular complexity index is 4520. The highest BCUT2D eigenvalue weighted by Gasteiger charge is 2.37. The Morgan fingerprint density at radius 2 is 0.724 bits per heavy atom. The molecule has 3 heteroatoms. The predicted octanol–water partition coefficient (Wildman–Crippen LogP) is 19.8. The molecule has 0 aliphatic heterocycles. The van der Waals surface area contributed by atoms with Gasteiger partial charge in [-0.15, -0.1) is 0 Å². The first-order chi connectivity index (χ1) is 37.4. The molecule has 15 rings (SSSR count). The molecule has 3 nitrogen and oxygen atoms in total. The van der Waals surface area contributed by atoms with E-state index in [4.69, 9.17) is 0 Å². The van der Waals surface area contributed by atoms with Crippen molar-refractivity contribution in [1.29, 1.82) is 0 Å². The molecule has 0 radical (unpaired) electrons. The number of fused-ring (bicyclic) bond motifs is 10. The van der Waals surface area contributed by atoms with E-state index in [9.17, 15) is 0 Å². The Balaban J connectivity index is 0.791. The van der Waals surface area contributed by atoms with Crippen molar-refractivity contribution in [3.63, 3.8) is 0 Å². The lowest BCUT2D eigenvalue weighted by atomic mass is 9.82. The van der Waals surface area contributed by atoms with E-state index in [0.717, 1.165) is 22.7 Å². The Morgan fingerprint density at radius 1 is 0.276 bits per heavy atom. The van der Waals surface area contributed by atoms with E-state index in [-0.39, 0.29) is 5.41 Å². The van der Waals surface area contributed by atoms with E-state index in [1.165, 1.54) is 116 Å². The van der Waals surface area contributed by atoms with E-state index < -0.39 is 0 Å². The molecule has 0 spiro atoms. The van der Waals surface area contributed by atoms with Crippen molar-refractivity contribution in [2.75, 3.05) is 4.90 Å². The molecule has 1 aliphatic carbocycles. The number of aromatic nitrogens is 2. The molecule has 12 aromatic carbocycles. The summed E-state index contributed by atoms with van der Waals surface area (Å²) in [6.07, 6.45) is 0. The zero-order chi connectivity index (χ0) is 50.5. The molecule has 1 aliphatic rings. The summed E-state index contributed by atoms with van der Waals surface area (Å²) in [5.41, 5.74) is 22.7. The Labute approximate surface area is 442 Å². The largest absolute Gasteiger partial charge is 0.310 e. The van der Waals surface area contributed by atoms with Crippen LogP contribution in [0.5, 0.6) is 0 Å². The molecular weight excluding hydrogens is 919 g/mol. The van der Waals surface area contributed by atoms with Gasteiger partial charge < -0.3 is 14.0 Å². The molecule has 358 valence electrons. The van der Waals surface area contributed by atoms with Crippen molar-refractivity contribution >= 4 is 71.4 Å². The number of hydrogen-bond donors (Lipinski definition) is 0. The topological polar surface area (TPSA) is 13.1 Å². The van der Waals surface area contributed by atoms with Crippen LogP contribution in [0, 0.1) is 0 Å². The van der Waals surface area contributed by atoms with Gasteiger partial charge in [0.2, 0.25) is 0 Å². The van der Waals surface area contributed by atoms with Gasteiger partial charge in [-0.3, -0.25) is 0 Å². The average Bonchev–Trinajstić information content (AvgIpc) is 4.14. The van der Waals surface area contributed by atoms with E-state index in [0.29, 0.717) is 0 Å².